The summed E-state index contributed by atoms with van der Waals surface area (Å²) in [5, 5.41) is 0. The van der Waals surface area contributed by atoms with E-state index in [1.165, 1.54) is 0 Å². The van der Waals surface area contributed by atoms with Crippen molar-refractivity contribution in [1.82, 2.24) is 4.90 Å². The number of nitrogens with zero attached hydrogens (tertiary/aromatic N) is 1. The molecule has 1 fully saturated rings. The highest BCUT2D eigenvalue weighted by Gasteiger charge is 2.28. The van der Waals surface area contributed by atoms with Crippen LogP contribution in [-0.4, -0.2) is 29.7 Å². The average Bonchev–Trinajstić information content (AvgIpc) is 2.62. The van der Waals surface area contributed by atoms with Gasteiger partial charge in [-0.3, -0.25) is 9.59 Å². The molecule has 0 N–H and O–H groups in total. The van der Waals surface area contributed by atoms with Crippen molar-refractivity contribution in [3.8, 4) is 0 Å². The first-order valence-electron chi connectivity index (χ1n) is 7.79. The summed E-state index contributed by atoms with van der Waals surface area (Å²) in [6, 6.07) is 17.0. The minimum Gasteiger partial charge on any atom is -0.339 e. The number of hydrogen-bond acceptors (Lipinski definition) is 2. The number of benzene rings is 2. The molecule has 0 unspecified atom stereocenters. The van der Waals surface area contributed by atoms with E-state index in [2.05, 4.69) is 22.6 Å². The Balaban J connectivity index is 1.61. The summed E-state index contributed by atoms with van der Waals surface area (Å²) in [6.07, 6.45) is 1.48. The van der Waals surface area contributed by atoms with Gasteiger partial charge < -0.3 is 4.90 Å². The van der Waals surface area contributed by atoms with Crippen LogP contribution < -0.4 is 0 Å². The molecule has 23 heavy (non-hydrogen) atoms. The second-order valence-electron chi connectivity index (χ2n) is 5.80. The quantitative estimate of drug-likeness (QED) is 0.557. The number of Topliss-reactive ketones (excluding diaryl/α,β-unsaturated/α-hetero) is 1. The van der Waals surface area contributed by atoms with Crippen LogP contribution in [0, 0.1) is 9.49 Å². The van der Waals surface area contributed by atoms with Crippen LogP contribution in [0.5, 0.6) is 0 Å². The summed E-state index contributed by atoms with van der Waals surface area (Å²) in [6.45, 7) is 1.29. The van der Waals surface area contributed by atoms with E-state index in [-0.39, 0.29) is 17.6 Å². The molecule has 1 aliphatic rings. The van der Waals surface area contributed by atoms with E-state index in [4.69, 9.17) is 0 Å². The Labute approximate surface area is 149 Å². The number of carbonyl (C=O) groups is 2. The first-order valence-corrected chi connectivity index (χ1v) is 8.87. The smallest absolute Gasteiger partial charge is 0.253 e. The molecule has 0 atom stereocenters. The van der Waals surface area contributed by atoms with Crippen LogP contribution in [0.15, 0.2) is 54.6 Å². The summed E-state index contributed by atoms with van der Waals surface area (Å²) in [5.74, 6) is 0.286. The molecule has 0 bridgehead atoms. The lowest BCUT2D eigenvalue weighted by Gasteiger charge is -2.31. The van der Waals surface area contributed by atoms with Gasteiger partial charge in [-0.25, -0.2) is 0 Å². The number of likely N-dealkylation sites (tertiary alicyclic amines) is 1. The lowest BCUT2D eigenvalue weighted by atomic mass is 9.88. The number of amides is 1. The van der Waals surface area contributed by atoms with Crippen LogP contribution in [0.4, 0.5) is 0 Å². The van der Waals surface area contributed by atoms with E-state index in [0.29, 0.717) is 13.1 Å². The van der Waals surface area contributed by atoms with Crippen molar-refractivity contribution in [3.05, 3.63) is 69.3 Å². The van der Waals surface area contributed by atoms with Gasteiger partial charge in [0.1, 0.15) is 0 Å². The zero-order chi connectivity index (χ0) is 16.2. The van der Waals surface area contributed by atoms with E-state index < -0.39 is 0 Å². The Morgan fingerprint density at radius 1 is 0.870 bits per heavy atom. The van der Waals surface area contributed by atoms with Crippen LogP contribution in [0.3, 0.4) is 0 Å². The van der Waals surface area contributed by atoms with E-state index in [9.17, 15) is 9.59 Å². The summed E-state index contributed by atoms with van der Waals surface area (Å²) in [7, 11) is 0. The SMILES string of the molecule is O=C(c1ccc(I)cc1)C1CCN(C(=O)c2ccccc2)CC1. The van der Waals surface area contributed by atoms with Crippen molar-refractivity contribution in [2.75, 3.05) is 13.1 Å². The third-order valence-corrected chi connectivity index (χ3v) is 5.02. The fourth-order valence-corrected chi connectivity index (χ4v) is 3.32. The van der Waals surface area contributed by atoms with Gasteiger partial charge in [0, 0.05) is 33.7 Å². The number of rotatable bonds is 3. The largest absolute Gasteiger partial charge is 0.339 e. The monoisotopic (exact) mass is 419 g/mol. The van der Waals surface area contributed by atoms with Crippen LogP contribution in [0.25, 0.3) is 0 Å². The standard InChI is InChI=1S/C19H18INO2/c20-17-8-6-14(7-9-17)18(22)15-10-12-21(13-11-15)19(23)16-4-2-1-3-5-16/h1-9,15H,10-13H2. The van der Waals surface area contributed by atoms with Gasteiger partial charge in [-0.2, -0.15) is 0 Å². The molecular weight excluding hydrogens is 401 g/mol. The van der Waals surface area contributed by atoms with Gasteiger partial charge >= 0.3 is 0 Å². The Kier molecular flexibility index (Phi) is 5.10. The van der Waals surface area contributed by atoms with Gasteiger partial charge in [0.05, 0.1) is 0 Å². The zero-order valence-corrected chi connectivity index (χ0v) is 14.9. The number of ketones is 1. The first-order chi connectivity index (χ1) is 11.1. The van der Waals surface area contributed by atoms with Gasteiger partial charge in [-0.1, -0.05) is 30.3 Å². The zero-order valence-electron chi connectivity index (χ0n) is 12.7. The summed E-state index contributed by atoms with van der Waals surface area (Å²) in [4.78, 5) is 26.8. The van der Waals surface area contributed by atoms with Crippen LogP contribution in [0.2, 0.25) is 0 Å². The maximum Gasteiger partial charge on any atom is 0.253 e. The molecule has 0 radical (unpaired) electrons. The van der Waals surface area contributed by atoms with Crippen molar-refractivity contribution in [2.24, 2.45) is 5.92 Å². The molecule has 1 aliphatic heterocycles. The van der Waals surface area contributed by atoms with Crippen molar-refractivity contribution in [1.29, 1.82) is 0 Å². The van der Waals surface area contributed by atoms with E-state index in [0.717, 1.165) is 27.5 Å². The molecule has 4 heteroatoms. The lowest BCUT2D eigenvalue weighted by Crippen LogP contribution is -2.40. The molecule has 118 valence electrons. The van der Waals surface area contributed by atoms with Crippen molar-refractivity contribution in [2.45, 2.75) is 12.8 Å². The molecule has 1 heterocycles. The third kappa shape index (κ3) is 3.80. The van der Waals surface area contributed by atoms with Gasteiger partial charge in [-0.05, 0) is 59.7 Å². The Bertz CT molecular complexity index is 689. The highest BCUT2D eigenvalue weighted by Crippen LogP contribution is 2.23. The third-order valence-electron chi connectivity index (χ3n) is 4.30. The Morgan fingerprint density at radius 2 is 1.48 bits per heavy atom. The molecule has 1 saturated heterocycles. The van der Waals surface area contributed by atoms with Gasteiger partial charge in [0.2, 0.25) is 0 Å². The van der Waals surface area contributed by atoms with E-state index in [1.807, 2.05) is 59.5 Å². The normalized spacial score (nSPS) is 15.4. The molecule has 2 aromatic carbocycles. The van der Waals surface area contributed by atoms with Gasteiger partial charge in [0.25, 0.3) is 5.91 Å². The van der Waals surface area contributed by atoms with Crippen molar-refractivity contribution in [3.63, 3.8) is 0 Å². The molecular formula is C19H18INO2. The van der Waals surface area contributed by atoms with Gasteiger partial charge in [0.15, 0.2) is 5.78 Å². The number of hydrogen-bond donors (Lipinski definition) is 0. The lowest BCUT2D eigenvalue weighted by molar-refractivity contribution is 0.0650. The molecule has 0 saturated carbocycles. The fraction of sp³-hybridized carbons (Fsp3) is 0.263. The van der Waals surface area contributed by atoms with E-state index in [1.54, 1.807) is 0 Å². The topological polar surface area (TPSA) is 37.4 Å². The second-order valence-corrected chi connectivity index (χ2v) is 7.05. The Hall–Kier alpha value is -1.69. The highest BCUT2D eigenvalue weighted by atomic mass is 127. The fourth-order valence-electron chi connectivity index (χ4n) is 2.96. The summed E-state index contributed by atoms with van der Waals surface area (Å²) < 4.78 is 1.13. The number of piperidine rings is 1. The first kappa shape index (κ1) is 16.2. The van der Waals surface area contributed by atoms with Crippen LogP contribution in [-0.2, 0) is 0 Å². The maximum absolute atomic E-state index is 12.6. The van der Waals surface area contributed by atoms with Crippen LogP contribution in [0.1, 0.15) is 33.6 Å². The molecule has 0 aliphatic carbocycles. The summed E-state index contributed by atoms with van der Waals surface area (Å²) >= 11 is 2.23. The molecule has 3 nitrogen and oxygen atoms in total. The molecule has 0 spiro atoms. The van der Waals surface area contributed by atoms with Crippen LogP contribution >= 0.6 is 22.6 Å². The van der Waals surface area contributed by atoms with E-state index >= 15 is 0 Å². The van der Waals surface area contributed by atoms with Gasteiger partial charge in [-0.15, -0.1) is 0 Å². The molecule has 1 amide bonds. The Morgan fingerprint density at radius 3 is 2.09 bits per heavy atom. The minimum absolute atomic E-state index is 0.0230. The predicted octanol–water partition coefficient (Wildman–Crippen LogP) is 4.03. The minimum atomic E-state index is 0.0230. The summed E-state index contributed by atoms with van der Waals surface area (Å²) in [5.41, 5.74) is 1.49. The molecule has 2 aromatic rings. The maximum atomic E-state index is 12.6. The number of carbonyl (C=O) groups excluding carboxylic acids is 2. The highest BCUT2D eigenvalue weighted by molar-refractivity contribution is 14.1. The number of halogens is 1. The molecule has 0 aromatic heterocycles. The average molecular weight is 419 g/mol. The van der Waals surface area contributed by atoms with Crippen molar-refractivity contribution >= 4 is 34.3 Å². The second kappa shape index (κ2) is 7.25. The molecule has 3 rings (SSSR count). The van der Waals surface area contributed by atoms with Crippen molar-refractivity contribution < 1.29 is 9.59 Å². The predicted molar refractivity (Wildman–Crippen MR) is 98.6 cm³/mol.